The van der Waals surface area contributed by atoms with E-state index in [1.807, 2.05) is 0 Å². The molecule has 122 valence electrons. The van der Waals surface area contributed by atoms with E-state index in [9.17, 15) is 9.18 Å². The Labute approximate surface area is 134 Å². The molecule has 2 aromatic rings. The van der Waals surface area contributed by atoms with Crippen molar-refractivity contribution in [2.45, 2.75) is 0 Å². The molecule has 0 radical (unpaired) electrons. The topological polar surface area (TPSA) is 56.8 Å². The van der Waals surface area contributed by atoms with Crippen LogP contribution in [-0.4, -0.2) is 33.3 Å². The van der Waals surface area contributed by atoms with Crippen LogP contribution in [0, 0.1) is 5.82 Å². The molecule has 0 heterocycles. The van der Waals surface area contributed by atoms with E-state index in [1.165, 1.54) is 25.3 Å². The normalized spacial score (nSPS) is 10.0. The number of carbonyl (C=O) groups is 1. The van der Waals surface area contributed by atoms with E-state index >= 15 is 0 Å². The number of para-hydroxylation sites is 1. The third-order valence-corrected chi connectivity index (χ3v) is 3.10. The summed E-state index contributed by atoms with van der Waals surface area (Å²) < 4.78 is 29.1. The average Bonchev–Trinajstić information content (AvgIpc) is 2.58. The number of halogens is 1. The molecule has 0 atom stereocenters. The predicted octanol–water partition coefficient (Wildman–Crippen LogP) is 2.65. The van der Waals surface area contributed by atoms with Crippen molar-refractivity contribution in [3.8, 4) is 17.2 Å². The Balaban J connectivity index is 1.87. The fraction of sp³-hybridized carbons (Fsp3) is 0.235. The van der Waals surface area contributed by atoms with E-state index in [1.54, 1.807) is 31.4 Å². The molecule has 0 saturated heterocycles. The molecule has 1 amide bonds. The summed E-state index contributed by atoms with van der Waals surface area (Å²) in [6.45, 7) is 0.514. The van der Waals surface area contributed by atoms with Crippen LogP contribution in [0.2, 0.25) is 0 Å². The number of carbonyl (C=O) groups excluding carboxylic acids is 1. The Morgan fingerprint density at radius 3 is 2.52 bits per heavy atom. The Morgan fingerprint density at radius 2 is 1.83 bits per heavy atom. The van der Waals surface area contributed by atoms with Gasteiger partial charge in [-0.05, 0) is 30.3 Å². The van der Waals surface area contributed by atoms with E-state index < -0.39 is 5.82 Å². The molecular weight excluding hydrogens is 301 g/mol. The second-order valence-electron chi connectivity index (χ2n) is 4.61. The van der Waals surface area contributed by atoms with Crippen LogP contribution in [-0.2, 0) is 0 Å². The fourth-order valence-corrected chi connectivity index (χ4v) is 2.03. The van der Waals surface area contributed by atoms with E-state index in [-0.39, 0.29) is 24.6 Å². The van der Waals surface area contributed by atoms with Crippen molar-refractivity contribution in [2.24, 2.45) is 0 Å². The maximum atomic E-state index is 13.1. The van der Waals surface area contributed by atoms with Gasteiger partial charge in [0, 0.05) is 5.56 Å². The van der Waals surface area contributed by atoms with E-state index in [4.69, 9.17) is 14.2 Å². The van der Waals surface area contributed by atoms with Crippen LogP contribution < -0.4 is 19.5 Å². The molecular formula is C17H18FNO4. The van der Waals surface area contributed by atoms with Crippen LogP contribution in [0.3, 0.4) is 0 Å². The van der Waals surface area contributed by atoms with Gasteiger partial charge >= 0.3 is 0 Å². The van der Waals surface area contributed by atoms with Gasteiger partial charge in [0.05, 0.1) is 20.8 Å². The summed E-state index contributed by atoms with van der Waals surface area (Å²) in [6.07, 6.45) is 0. The van der Waals surface area contributed by atoms with Crippen LogP contribution in [0.15, 0.2) is 42.5 Å². The number of hydrogen-bond donors (Lipinski definition) is 1. The second kappa shape index (κ2) is 8.03. The van der Waals surface area contributed by atoms with E-state index in [2.05, 4.69) is 5.32 Å². The number of hydrogen-bond acceptors (Lipinski definition) is 4. The first-order valence-corrected chi connectivity index (χ1v) is 7.03. The Kier molecular flexibility index (Phi) is 5.80. The molecule has 1 N–H and O–H groups in total. The molecule has 6 heteroatoms. The molecule has 0 spiro atoms. The van der Waals surface area contributed by atoms with Gasteiger partial charge in [0.1, 0.15) is 12.4 Å². The number of amides is 1. The SMILES string of the molecule is COc1cccc(OCCNC(=O)c2cccc(F)c2)c1OC. The van der Waals surface area contributed by atoms with Gasteiger partial charge in [-0.2, -0.15) is 0 Å². The molecule has 0 aromatic heterocycles. The number of methoxy groups -OCH3 is 2. The highest BCUT2D eigenvalue weighted by Crippen LogP contribution is 2.36. The quantitative estimate of drug-likeness (QED) is 0.797. The van der Waals surface area contributed by atoms with Gasteiger partial charge in [-0.1, -0.05) is 12.1 Å². The highest BCUT2D eigenvalue weighted by Gasteiger charge is 2.11. The van der Waals surface area contributed by atoms with Crippen molar-refractivity contribution in [3.05, 3.63) is 53.8 Å². The van der Waals surface area contributed by atoms with Gasteiger partial charge in [-0.15, -0.1) is 0 Å². The lowest BCUT2D eigenvalue weighted by molar-refractivity contribution is 0.0946. The summed E-state index contributed by atoms with van der Waals surface area (Å²) >= 11 is 0. The van der Waals surface area contributed by atoms with Crippen LogP contribution in [0.25, 0.3) is 0 Å². The van der Waals surface area contributed by atoms with Crippen molar-refractivity contribution in [1.29, 1.82) is 0 Å². The highest BCUT2D eigenvalue weighted by atomic mass is 19.1. The van der Waals surface area contributed by atoms with Gasteiger partial charge < -0.3 is 19.5 Å². The van der Waals surface area contributed by atoms with Crippen LogP contribution in [0.1, 0.15) is 10.4 Å². The summed E-state index contributed by atoms with van der Waals surface area (Å²) in [4.78, 5) is 11.9. The second-order valence-corrected chi connectivity index (χ2v) is 4.61. The van der Waals surface area contributed by atoms with E-state index in [0.717, 1.165) is 0 Å². The largest absolute Gasteiger partial charge is 0.493 e. The van der Waals surface area contributed by atoms with Gasteiger partial charge in [-0.25, -0.2) is 4.39 Å². The lowest BCUT2D eigenvalue weighted by Gasteiger charge is -2.13. The van der Waals surface area contributed by atoms with Crippen molar-refractivity contribution in [3.63, 3.8) is 0 Å². The van der Waals surface area contributed by atoms with Gasteiger partial charge in [0.15, 0.2) is 11.5 Å². The summed E-state index contributed by atoms with van der Waals surface area (Å²) in [5.74, 6) is 0.771. The molecule has 0 unspecified atom stereocenters. The number of benzene rings is 2. The van der Waals surface area contributed by atoms with Gasteiger partial charge in [0.25, 0.3) is 5.91 Å². The third-order valence-electron chi connectivity index (χ3n) is 3.10. The number of rotatable bonds is 7. The standard InChI is InChI=1S/C17H18FNO4/c1-21-14-7-4-8-15(16(14)22-2)23-10-9-19-17(20)12-5-3-6-13(18)11-12/h3-8,11H,9-10H2,1-2H3,(H,19,20). The molecule has 23 heavy (non-hydrogen) atoms. The molecule has 0 fully saturated rings. The first kappa shape index (κ1) is 16.6. The van der Waals surface area contributed by atoms with Crippen molar-refractivity contribution < 1.29 is 23.4 Å². The van der Waals surface area contributed by atoms with Crippen LogP contribution in [0.5, 0.6) is 17.2 Å². The maximum Gasteiger partial charge on any atom is 0.251 e. The summed E-state index contributed by atoms with van der Waals surface area (Å²) in [5, 5.41) is 2.66. The molecule has 2 rings (SSSR count). The monoisotopic (exact) mass is 319 g/mol. The predicted molar refractivity (Wildman–Crippen MR) is 83.8 cm³/mol. The molecule has 0 bridgehead atoms. The van der Waals surface area contributed by atoms with Gasteiger partial charge in [-0.3, -0.25) is 4.79 Å². The zero-order chi connectivity index (χ0) is 16.7. The minimum atomic E-state index is -0.449. The molecule has 2 aromatic carbocycles. The smallest absolute Gasteiger partial charge is 0.251 e. The first-order chi connectivity index (χ1) is 11.2. The van der Waals surface area contributed by atoms with Crippen LogP contribution >= 0.6 is 0 Å². The zero-order valence-corrected chi connectivity index (χ0v) is 13.0. The number of ether oxygens (including phenoxy) is 3. The maximum absolute atomic E-state index is 13.1. The van der Waals surface area contributed by atoms with Crippen molar-refractivity contribution in [2.75, 3.05) is 27.4 Å². The fourth-order valence-electron chi connectivity index (χ4n) is 2.03. The first-order valence-electron chi connectivity index (χ1n) is 7.03. The minimum absolute atomic E-state index is 0.241. The summed E-state index contributed by atoms with van der Waals surface area (Å²) in [7, 11) is 3.07. The Hall–Kier alpha value is -2.76. The zero-order valence-electron chi connectivity index (χ0n) is 13.0. The van der Waals surface area contributed by atoms with Crippen LogP contribution in [0.4, 0.5) is 4.39 Å². The van der Waals surface area contributed by atoms with E-state index in [0.29, 0.717) is 17.2 Å². The summed E-state index contributed by atoms with van der Waals surface area (Å²) in [6, 6.07) is 10.8. The number of nitrogens with one attached hydrogen (secondary N) is 1. The lowest BCUT2D eigenvalue weighted by atomic mass is 10.2. The molecule has 0 aliphatic heterocycles. The average molecular weight is 319 g/mol. The van der Waals surface area contributed by atoms with Crippen molar-refractivity contribution in [1.82, 2.24) is 5.32 Å². The molecule has 0 aliphatic carbocycles. The third kappa shape index (κ3) is 4.35. The van der Waals surface area contributed by atoms with Crippen molar-refractivity contribution >= 4 is 5.91 Å². The molecule has 0 aliphatic rings. The lowest BCUT2D eigenvalue weighted by Crippen LogP contribution is -2.28. The Bertz CT molecular complexity index is 675. The Morgan fingerprint density at radius 1 is 1.09 bits per heavy atom. The van der Waals surface area contributed by atoms with Gasteiger partial charge in [0.2, 0.25) is 5.75 Å². The molecule has 0 saturated carbocycles. The summed E-state index contributed by atoms with van der Waals surface area (Å²) in [5.41, 5.74) is 0.268. The minimum Gasteiger partial charge on any atom is -0.493 e. The highest BCUT2D eigenvalue weighted by molar-refractivity contribution is 5.94. The molecule has 5 nitrogen and oxygen atoms in total.